The Labute approximate surface area is 171 Å². The number of thiazole rings is 1. The van der Waals surface area contributed by atoms with E-state index in [2.05, 4.69) is 53.3 Å². The van der Waals surface area contributed by atoms with Gasteiger partial charge in [-0.15, -0.1) is 11.3 Å². The van der Waals surface area contributed by atoms with E-state index in [1.165, 1.54) is 16.7 Å². The Balaban J connectivity index is 1.39. The van der Waals surface area contributed by atoms with Crippen molar-refractivity contribution in [1.29, 1.82) is 0 Å². The maximum Gasteiger partial charge on any atom is 0.185 e. The molecule has 1 fully saturated rings. The van der Waals surface area contributed by atoms with Crippen molar-refractivity contribution in [3.63, 3.8) is 0 Å². The number of anilines is 1. The van der Waals surface area contributed by atoms with Crippen LogP contribution < -0.4 is 9.64 Å². The van der Waals surface area contributed by atoms with Gasteiger partial charge in [-0.05, 0) is 37.1 Å². The number of hydrogen-bond donors (Lipinski definition) is 0. The van der Waals surface area contributed by atoms with Gasteiger partial charge < -0.3 is 9.64 Å². The highest BCUT2D eigenvalue weighted by Crippen LogP contribution is 2.30. The van der Waals surface area contributed by atoms with Crippen LogP contribution in [0.25, 0.3) is 11.3 Å². The Bertz CT molecular complexity index is 945. The van der Waals surface area contributed by atoms with Crippen LogP contribution in [-0.4, -0.2) is 43.2 Å². The van der Waals surface area contributed by atoms with E-state index in [0.29, 0.717) is 0 Å². The summed E-state index contributed by atoms with van der Waals surface area (Å²) in [5.41, 5.74) is 6.30. The number of methoxy groups -OCH3 is 1. The normalized spacial score (nSPS) is 15.0. The molecule has 0 radical (unpaired) electrons. The van der Waals surface area contributed by atoms with Gasteiger partial charge >= 0.3 is 0 Å². The van der Waals surface area contributed by atoms with Gasteiger partial charge in [0.05, 0.1) is 12.8 Å². The van der Waals surface area contributed by atoms with Gasteiger partial charge in [0.25, 0.3) is 0 Å². The fourth-order valence-electron chi connectivity index (χ4n) is 3.63. The molecule has 146 valence electrons. The minimum Gasteiger partial charge on any atom is -0.497 e. The van der Waals surface area contributed by atoms with Crippen molar-refractivity contribution in [1.82, 2.24) is 9.88 Å². The van der Waals surface area contributed by atoms with Crippen molar-refractivity contribution in [2.24, 2.45) is 0 Å². The Hall–Kier alpha value is -2.37. The van der Waals surface area contributed by atoms with Gasteiger partial charge in [-0.1, -0.05) is 35.9 Å². The standard InChI is InChI=1S/C23H27N3OS/c1-17-7-8-18(2)20(13-17)15-25-9-11-26(12-10-25)23-24-22(16-28-23)19-5-4-6-21(14-19)27-3/h4-8,13-14,16H,9-12,15H2,1-3H3. The predicted octanol–water partition coefficient (Wildman–Crippen LogP) is 4.76. The summed E-state index contributed by atoms with van der Waals surface area (Å²) < 4.78 is 5.34. The molecule has 0 saturated carbocycles. The Morgan fingerprint density at radius 3 is 2.64 bits per heavy atom. The van der Waals surface area contributed by atoms with Crippen LogP contribution in [0.3, 0.4) is 0 Å². The van der Waals surface area contributed by atoms with Crippen LogP contribution in [0.5, 0.6) is 5.75 Å². The summed E-state index contributed by atoms with van der Waals surface area (Å²) in [7, 11) is 1.70. The lowest BCUT2D eigenvalue weighted by Gasteiger charge is -2.34. The van der Waals surface area contributed by atoms with E-state index >= 15 is 0 Å². The number of hydrogen-bond acceptors (Lipinski definition) is 5. The summed E-state index contributed by atoms with van der Waals surface area (Å²) in [5, 5.41) is 3.26. The lowest BCUT2D eigenvalue weighted by molar-refractivity contribution is 0.249. The van der Waals surface area contributed by atoms with E-state index in [0.717, 1.165) is 54.9 Å². The van der Waals surface area contributed by atoms with E-state index in [1.807, 2.05) is 18.2 Å². The van der Waals surface area contributed by atoms with Gasteiger partial charge in [-0.25, -0.2) is 4.98 Å². The van der Waals surface area contributed by atoms with Crippen molar-refractivity contribution in [3.05, 3.63) is 64.5 Å². The number of nitrogens with zero attached hydrogens (tertiary/aromatic N) is 3. The Kier molecular flexibility index (Phi) is 5.64. The summed E-state index contributed by atoms with van der Waals surface area (Å²) >= 11 is 1.73. The highest BCUT2D eigenvalue weighted by atomic mass is 32.1. The van der Waals surface area contributed by atoms with E-state index in [-0.39, 0.29) is 0 Å². The molecule has 1 aliphatic heterocycles. The molecule has 1 saturated heterocycles. The molecule has 4 rings (SSSR count). The first kappa shape index (κ1) is 19.0. The van der Waals surface area contributed by atoms with Crippen LogP contribution in [0, 0.1) is 13.8 Å². The topological polar surface area (TPSA) is 28.6 Å². The number of aryl methyl sites for hydroxylation is 2. The molecule has 0 amide bonds. The maximum absolute atomic E-state index is 5.34. The first-order valence-electron chi connectivity index (χ1n) is 9.76. The lowest BCUT2D eigenvalue weighted by atomic mass is 10.0. The minimum absolute atomic E-state index is 0.868. The molecule has 0 bridgehead atoms. The molecule has 3 aromatic rings. The second-order valence-corrected chi connectivity index (χ2v) is 8.28. The summed E-state index contributed by atoms with van der Waals surface area (Å²) in [4.78, 5) is 9.85. The van der Waals surface area contributed by atoms with Gasteiger partial charge in [0.2, 0.25) is 0 Å². The fourth-order valence-corrected chi connectivity index (χ4v) is 4.52. The zero-order chi connectivity index (χ0) is 19.5. The second-order valence-electron chi connectivity index (χ2n) is 7.44. The van der Waals surface area contributed by atoms with Crippen molar-refractivity contribution >= 4 is 16.5 Å². The van der Waals surface area contributed by atoms with Gasteiger partial charge in [-0.2, -0.15) is 0 Å². The third kappa shape index (κ3) is 4.21. The molecule has 28 heavy (non-hydrogen) atoms. The predicted molar refractivity (Wildman–Crippen MR) is 118 cm³/mol. The summed E-state index contributed by atoms with van der Waals surface area (Å²) in [5.74, 6) is 0.868. The van der Waals surface area contributed by atoms with E-state index in [1.54, 1.807) is 18.4 Å². The van der Waals surface area contributed by atoms with Crippen LogP contribution in [0.2, 0.25) is 0 Å². The van der Waals surface area contributed by atoms with E-state index in [4.69, 9.17) is 9.72 Å². The highest BCUT2D eigenvalue weighted by molar-refractivity contribution is 7.14. The zero-order valence-corrected chi connectivity index (χ0v) is 17.6. The largest absolute Gasteiger partial charge is 0.497 e. The van der Waals surface area contributed by atoms with Crippen molar-refractivity contribution in [2.45, 2.75) is 20.4 Å². The number of aromatic nitrogens is 1. The molecule has 5 heteroatoms. The average Bonchev–Trinajstić information content (AvgIpc) is 3.22. The molecular weight excluding hydrogens is 366 g/mol. The monoisotopic (exact) mass is 393 g/mol. The molecule has 0 spiro atoms. The third-order valence-corrected chi connectivity index (χ3v) is 6.30. The van der Waals surface area contributed by atoms with Crippen LogP contribution in [0.15, 0.2) is 47.8 Å². The quantitative estimate of drug-likeness (QED) is 0.625. The minimum atomic E-state index is 0.868. The molecule has 1 aliphatic rings. The number of rotatable bonds is 5. The molecule has 4 nitrogen and oxygen atoms in total. The van der Waals surface area contributed by atoms with Gasteiger partial charge in [-0.3, -0.25) is 4.90 Å². The number of benzene rings is 2. The van der Waals surface area contributed by atoms with Crippen molar-refractivity contribution in [2.75, 3.05) is 38.2 Å². The first-order valence-corrected chi connectivity index (χ1v) is 10.6. The average molecular weight is 394 g/mol. The third-order valence-electron chi connectivity index (χ3n) is 5.40. The van der Waals surface area contributed by atoms with Crippen LogP contribution in [0.4, 0.5) is 5.13 Å². The van der Waals surface area contributed by atoms with Crippen LogP contribution in [-0.2, 0) is 6.54 Å². The molecule has 0 N–H and O–H groups in total. The molecule has 0 unspecified atom stereocenters. The number of ether oxygens (including phenoxy) is 1. The Morgan fingerprint density at radius 1 is 1.04 bits per heavy atom. The molecule has 2 aromatic carbocycles. The van der Waals surface area contributed by atoms with Crippen LogP contribution in [0.1, 0.15) is 16.7 Å². The number of piperazine rings is 1. The Morgan fingerprint density at radius 2 is 1.86 bits per heavy atom. The smallest absolute Gasteiger partial charge is 0.185 e. The molecule has 1 aromatic heterocycles. The summed E-state index contributed by atoms with van der Waals surface area (Å²) in [6.45, 7) is 9.60. The van der Waals surface area contributed by atoms with Crippen molar-refractivity contribution in [3.8, 4) is 17.0 Å². The SMILES string of the molecule is COc1cccc(-c2csc(N3CCN(Cc4cc(C)ccc4C)CC3)n2)c1. The van der Waals surface area contributed by atoms with Gasteiger partial charge in [0, 0.05) is 43.7 Å². The van der Waals surface area contributed by atoms with Crippen LogP contribution >= 0.6 is 11.3 Å². The van der Waals surface area contributed by atoms with Crippen molar-refractivity contribution < 1.29 is 4.74 Å². The van der Waals surface area contributed by atoms with Gasteiger partial charge in [0.1, 0.15) is 5.75 Å². The molecule has 0 aliphatic carbocycles. The maximum atomic E-state index is 5.34. The zero-order valence-electron chi connectivity index (χ0n) is 16.8. The van der Waals surface area contributed by atoms with E-state index in [9.17, 15) is 0 Å². The lowest BCUT2D eigenvalue weighted by Crippen LogP contribution is -2.46. The fraction of sp³-hybridized carbons (Fsp3) is 0.348. The summed E-state index contributed by atoms with van der Waals surface area (Å²) in [6, 6.07) is 14.9. The first-order chi connectivity index (χ1) is 13.6. The van der Waals surface area contributed by atoms with Gasteiger partial charge in [0.15, 0.2) is 5.13 Å². The highest BCUT2D eigenvalue weighted by Gasteiger charge is 2.20. The molecular formula is C23H27N3OS. The molecule has 0 atom stereocenters. The summed E-state index contributed by atoms with van der Waals surface area (Å²) in [6.07, 6.45) is 0. The van der Waals surface area contributed by atoms with E-state index < -0.39 is 0 Å². The molecule has 2 heterocycles. The second kappa shape index (κ2) is 8.33.